The van der Waals surface area contributed by atoms with Gasteiger partial charge in [-0.2, -0.15) is 0 Å². The molecular weight excluding hydrogens is 432 g/mol. The van der Waals surface area contributed by atoms with Gasteiger partial charge in [-0.15, -0.1) is 5.10 Å². The molecule has 0 N–H and O–H groups in total. The predicted molar refractivity (Wildman–Crippen MR) is 134 cm³/mol. The number of benzene rings is 3. The second kappa shape index (κ2) is 9.86. The molecule has 0 radical (unpaired) electrons. The smallest absolute Gasteiger partial charge is 0.277 e. The second-order valence-electron chi connectivity index (χ2n) is 8.76. The van der Waals surface area contributed by atoms with Crippen LogP contribution < -0.4 is 5.56 Å². The third kappa shape index (κ3) is 5.15. The molecule has 1 fully saturated rings. The Hall–Kier alpha value is -3.02. The fourth-order valence-electron chi connectivity index (χ4n) is 4.47. The van der Waals surface area contributed by atoms with E-state index >= 15 is 0 Å². The molecule has 0 atom stereocenters. The fourth-order valence-corrected chi connectivity index (χ4v) is 4.59. The van der Waals surface area contributed by atoms with Crippen molar-refractivity contribution in [1.82, 2.24) is 19.9 Å². The van der Waals surface area contributed by atoms with E-state index in [1.807, 2.05) is 42.5 Å². The number of piperidine rings is 1. The van der Waals surface area contributed by atoms with Gasteiger partial charge in [-0.3, -0.25) is 9.69 Å². The van der Waals surface area contributed by atoms with E-state index in [2.05, 4.69) is 39.5 Å². The summed E-state index contributed by atoms with van der Waals surface area (Å²) in [7, 11) is 0. The fraction of sp³-hybridized carbons (Fsp3) is 0.296. The topological polar surface area (TPSA) is 51.0 Å². The molecule has 0 spiro atoms. The maximum atomic E-state index is 13.0. The summed E-state index contributed by atoms with van der Waals surface area (Å²) in [5, 5.41) is 9.79. The van der Waals surface area contributed by atoms with Gasteiger partial charge in [0.1, 0.15) is 5.52 Å². The normalized spacial score (nSPS) is 14.6. The van der Waals surface area contributed by atoms with Crippen molar-refractivity contribution in [2.75, 3.05) is 13.1 Å². The van der Waals surface area contributed by atoms with Crippen LogP contribution in [-0.4, -0.2) is 33.0 Å². The summed E-state index contributed by atoms with van der Waals surface area (Å²) in [6.45, 7) is 3.93. The van der Waals surface area contributed by atoms with Crippen molar-refractivity contribution in [2.45, 2.75) is 38.8 Å². The highest BCUT2D eigenvalue weighted by Crippen LogP contribution is 2.23. The molecule has 0 amide bonds. The Labute approximate surface area is 198 Å². The van der Waals surface area contributed by atoms with Crippen LogP contribution in [0.3, 0.4) is 0 Å². The zero-order valence-corrected chi connectivity index (χ0v) is 19.3. The highest BCUT2D eigenvalue weighted by molar-refractivity contribution is 6.30. The summed E-state index contributed by atoms with van der Waals surface area (Å²) in [5.41, 5.74) is 5.05. The molecule has 1 aliphatic rings. The molecular formula is C27H27ClN4O. The third-order valence-electron chi connectivity index (χ3n) is 6.39. The number of hydrogen-bond donors (Lipinski definition) is 0. The van der Waals surface area contributed by atoms with Gasteiger partial charge < -0.3 is 0 Å². The van der Waals surface area contributed by atoms with Crippen LogP contribution in [0.15, 0.2) is 71.5 Å². The molecule has 0 saturated carbocycles. The SMILES string of the molecule is O=c1c2ccc(-c3ccc(Cl)cc3)cc2nnn1CCc1ccc(CN2CCCCC2)cc1. The number of aromatic nitrogens is 3. The van der Waals surface area contributed by atoms with E-state index in [0.717, 1.165) is 24.1 Å². The van der Waals surface area contributed by atoms with Crippen molar-refractivity contribution in [1.29, 1.82) is 0 Å². The lowest BCUT2D eigenvalue weighted by Gasteiger charge is -2.26. The van der Waals surface area contributed by atoms with Gasteiger partial charge in [-0.1, -0.05) is 65.7 Å². The van der Waals surface area contributed by atoms with E-state index in [0.29, 0.717) is 22.5 Å². The first-order valence-electron chi connectivity index (χ1n) is 11.6. The summed E-state index contributed by atoms with van der Waals surface area (Å²) < 4.78 is 1.46. The summed E-state index contributed by atoms with van der Waals surface area (Å²) in [6.07, 6.45) is 4.72. The minimum Gasteiger partial charge on any atom is -0.299 e. The van der Waals surface area contributed by atoms with Gasteiger partial charge in [0.05, 0.1) is 11.9 Å². The summed E-state index contributed by atoms with van der Waals surface area (Å²) in [5.74, 6) is 0. The Morgan fingerprint density at radius 3 is 2.27 bits per heavy atom. The molecule has 33 heavy (non-hydrogen) atoms. The molecule has 1 aliphatic heterocycles. The molecule has 0 aliphatic carbocycles. The van der Waals surface area contributed by atoms with Crippen molar-refractivity contribution in [3.8, 4) is 11.1 Å². The number of likely N-dealkylation sites (tertiary alicyclic amines) is 1. The van der Waals surface area contributed by atoms with E-state index in [-0.39, 0.29) is 5.56 Å². The van der Waals surface area contributed by atoms with Crippen LogP contribution in [-0.2, 0) is 19.5 Å². The molecule has 4 aromatic rings. The molecule has 6 heteroatoms. The summed E-state index contributed by atoms with van der Waals surface area (Å²) in [6, 6.07) is 22.0. The number of halogens is 1. The van der Waals surface area contributed by atoms with Crippen molar-refractivity contribution >= 4 is 22.5 Å². The zero-order valence-electron chi connectivity index (χ0n) is 18.6. The largest absolute Gasteiger partial charge is 0.299 e. The monoisotopic (exact) mass is 458 g/mol. The Morgan fingerprint density at radius 2 is 1.52 bits per heavy atom. The van der Waals surface area contributed by atoms with Crippen LogP contribution in [0.4, 0.5) is 0 Å². The standard InChI is InChI=1S/C27H27ClN4O/c28-24-11-8-22(9-12-24)23-10-13-25-26(18-23)29-30-32(27(25)33)17-14-20-4-6-21(7-5-20)19-31-15-2-1-3-16-31/h4-13,18H,1-3,14-17,19H2. The number of hydrogen-bond acceptors (Lipinski definition) is 4. The third-order valence-corrected chi connectivity index (χ3v) is 6.64. The van der Waals surface area contributed by atoms with Gasteiger partial charge in [0.15, 0.2) is 0 Å². The first-order chi connectivity index (χ1) is 16.2. The Balaban J connectivity index is 1.27. The highest BCUT2D eigenvalue weighted by Gasteiger charge is 2.11. The van der Waals surface area contributed by atoms with E-state index < -0.39 is 0 Å². The van der Waals surface area contributed by atoms with E-state index in [1.54, 1.807) is 0 Å². The average Bonchev–Trinajstić information content (AvgIpc) is 2.85. The number of nitrogens with zero attached hydrogens (tertiary/aromatic N) is 4. The van der Waals surface area contributed by atoms with Crippen molar-refractivity contribution in [3.63, 3.8) is 0 Å². The van der Waals surface area contributed by atoms with Gasteiger partial charge in [-0.05, 0) is 78.9 Å². The van der Waals surface area contributed by atoms with Crippen molar-refractivity contribution in [3.05, 3.63) is 93.2 Å². The summed E-state index contributed by atoms with van der Waals surface area (Å²) in [4.78, 5) is 15.5. The van der Waals surface area contributed by atoms with E-state index in [4.69, 9.17) is 11.6 Å². The maximum absolute atomic E-state index is 13.0. The maximum Gasteiger partial charge on any atom is 0.277 e. The van der Waals surface area contributed by atoms with E-state index in [1.165, 1.54) is 48.2 Å². The molecule has 1 aromatic heterocycles. The number of aryl methyl sites for hydroxylation is 2. The summed E-state index contributed by atoms with van der Waals surface area (Å²) >= 11 is 5.99. The lowest BCUT2D eigenvalue weighted by molar-refractivity contribution is 0.221. The molecule has 0 unspecified atom stereocenters. The van der Waals surface area contributed by atoms with Crippen LogP contribution in [0.2, 0.25) is 5.02 Å². The molecule has 0 bridgehead atoms. The van der Waals surface area contributed by atoms with Crippen LogP contribution in [0.25, 0.3) is 22.0 Å². The van der Waals surface area contributed by atoms with E-state index in [9.17, 15) is 4.79 Å². The first-order valence-corrected chi connectivity index (χ1v) is 12.0. The Bertz CT molecular complexity index is 1290. The van der Waals surface area contributed by atoms with Crippen LogP contribution in [0.5, 0.6) is 0 Å². The van der Waals surface area contributed by atoms with Gasteiger partial charge in [0.25, 0.3) is 5.56 Å². The lowest BCUT2D eigenvalue weighted by Crippen LogP contribution is -2.29. The predicted octanol–water partition coefficient (Wildman–Crippen LogP) is 5.34. The minimum atomic E-state index is -0.107. The minimum absolute atomic E-state index is 0.107. The van der Waals surface area contributed by atoms with Crippen molar-refractivity contribution in [2.24, 2.45) is 0 Å². The van der Waals surface area contributed by atoms with Crippen LogP contribution >= 0.6 is 11.6 Å². The molecule has 3 aromatic carbocycles. The molecule has 2 heterocycles. The van der Waals surface area contributed by atoms with Gasteiger partial charge >= 0.3 is 0 Å². The van der Waals surface area contributed by atoms with Crippen LogP contribution in [0, 0.1) is 0 Å². The van der Waals surface area contributed by atoms with Gasteiger partial charge in [0, 0.05) is 11.6 Å². The second-order valence-corrected chi connectivity index (χ2v) is 9.20. The molecule has 5 rings (SSSR count). The Kier molecular flexibility index (Phi) is 6.51. The molecule has 1 saturated heterocycles. The lowest BCUT2D eigenvalue weighted by atomic mass is 10.0. The van der Waals surface area contributed by atoms with Gasteiger partial charge in [-0.25, -0.2) is 4.68 Å². The zero-order chi connectivity index (χ0) is 22.6. The number of rotatable bonds is 6. The van der Waals surface area contributed by atoms with Crippen molar-refractivity contribution < 1.29 is 0 Å². The molecule has 5 nitrogen and oxygen atoms in total. The average molecular weight is 459 g/mol. The van der Waals surface area contributed by atoms with Crippen LogP contribution in [0.1, 0.15) is 30.4 Å². The first kappa shape index (κ1) is 21.8. The number of fused-ring (bicyclic) bond motifs is 1. The molecule has 168 valence electrons. The quantitative estimate of drug-likeness (QED) is 0.391. The van der Waals surface area contributed by atoms with Gasteiger partial charge in [0.2, 0.25) is 0 Å². The Morgan fingerprint density at radius 1 is 0.818 bits per heavy atom. The highest BCUT2D eigenvalue weighted by atomic mass is 35.5.